The van der Waals surface area contributed by atoms with E-state index in [0.29, 0.717) is 47.4 Å². The van der Waals surface area contributed by atoms with Gasteiger partial charge in [0.2, 0.25) is 0 Å². The molecule has 4 nitrogen and oxygen atoms in total. The normalized spacial score (nSPS) is 14.9. The molecule has 6 heteroatoms. The molecule has 0 atom stereocenters. The van der Waals surface area contributed by atoms with Gasteiger partial charge >= 0.3 is 0 Å². The van der Waals surface area contributed by atoms with Crippen molar-refractivity contribution in [3.05, 3.63) is 69.2 Å². The van der Waals surface area contributed by atoms with Crippen molar-refractivity contribution in [1.29, 1.82) is 0 Å². The minimum absolute atomic E-state index is 0.00270. The van der Waals surface area contributed by atoms with Gasteiger partial charge in [0, 0.05) is 36.8 Å². The van der Waals surface area contributed by atoms with Gasteiger partial charge in [0.15, 0.2) is 0 Å². The third kappa shape index (κ3) is 4.50. The molecule has 0 radical (unpaired) electrons. The molecular weight excluding hydrogens is 395 g/mol. The van der Waals surface area contributed by atoms with Gasteiger partial charge < -0.3 is 9.80 Å². The Balaban J connectivity index is 1.63. The van der Waals surface area contributed by atoms with Crippen LogP contribution in [0.3, 0.4) is 0 Å². The van der Waals surface area contributed by atoms with Crippen LogP contribution >= 0.6 is 23.2 Å². The molecule has 0 aromatic heterocycles. The van der Waals surface area contributed by atoms with Crippen molar-refractivity contribution < 1.29 is 9.59 Å². The van der Waals surface area contributed by atoms with Crippen LogP contribution in [0.1, 0.15) is 47.1 Å². The van der Waals surface area contributed by atoms with Crippen molar-refractivity contribution in [1.82, 2.24) is 9.80 Å². The van der Waals surface area contributed by atoms with Gasteiger partial charge in [-0.25, -0.2) is 0 Å². The molecular formula is C22H24Cl2N2O2. The lowest BCUT2D eigenvalue weighted by Crippen LogP contribution is -2.50. The molecule has 0 unspecified atom stereocenters. The summed E-state index contributed by atoms with van der Waals surface area (Å²) in [4.78, 5) is 29.0. The smallest absolute Gasteiger partial charge is 0.255 e. The van der Waals surface area contributed by atoms with Crippen LogP contribution in [0.2, 0.25) is 10.0 Å². The Morgan fingerprint density at radius 1 is 0.821 bits per heavy atom. The van der Waals surface area contributed by atoms with E-state index in [4.69, 9.17) is 23.2 Å². The van der Waals surface area contributed by atoms with Crippen molar-refractivity contribution in [2.75, 3.05) is 26.2 Å². The number of carbonyl (C=O) groups is 2. The topological polar surface area (TPSA) is 40.6 Å². The molecule has 0 spiro atoms. The van der Waals surface area contributed by atoms with Gasteiger partial charge in [-0.15, -0.1) is 0 Å². The first-order valence-electron chi connectivity index (χ1n) is 9.31. The van der Waals surface area contributed by atoms with E-state index in [9.17, 15) is 9.59 Å². The summed E-state index contributed by atoms with van der Waals surface area (Å²) < 4.78 is 0. The van der Waals surface area contributed by atoms with E-state index in [0.717, 1.165) is 0 Å². The fourth-order valence-electron chi connectivity index (χ4n) is 3.24. The highest BCUT2D eigenvalue weighted by molar-refractivity contribution is 6.36. The summed E-state index contributed by atoms with van der Waals surface area (Å²) in [5.41, 5.74) is 2.35. The highest BCUT2D eigenvalue weighted by atomic mass is 35.5. The number of hydrogen-bond donors (Lipinski definition) is 0. The van der Waals surface area contributed by atoms with E-state index in [1.165, 1.54) is 5.56 Å². The van der Waals surface area contributed by atoms with E-state index in [-0.39, 0.29) is 17.2 Å². The summed E-state index contributed by atoms with van der Waals surface area (Å²) in [5, 5.41) is 0.837. The third-order valence-electron chi connectivity index (χ3n) is 5.01. The highest BCUT2D eigenvalue weighted by Gasteiger charge is 2.26. The SMILES string of the molecule is CC(C)(C)c1ccc(C(=O)N2CCN(C(=O)c3ccc(Cl)cc3Cl)CC2)cc1. The van der Waals surface area contributed by atoms with Crippen LogP contribution in [0, 0.1) is 0 Å². The second kappa shape index (κ2) is 8.14. The zero-order valence-electron chi connectivity index (χ0n) is 16.3. The molecule has 2 amide bonds. The van der Waals surface area contributed by atoms with Crippen LogP contribution in [0.4, 0.5) is 0 Å². The van der Waals surface area contributed by atoms with E-state index >= 15 is 0 Å². The number of hydrogen-bond acceptors (Lipinski definition) is 2. The molecule has 0 bridgehead atoms. The number of piperazine rings is 1. The molecule has 1 saturated heterocycles. The number of halogens is 2. The maximum absolute atomic E-state index is 12.8. The zero-order valence-corrected chi connectivity index (χ0v) is 17.8. The number of benzene rings is 2. The quantitative estimate of drug-likeness (QED) is 0.696. The lowest BCUT2D eigenvalue weighted by Gasteiger charge is -2.35. The summed E-state index contributed by atoms with van der Waals surface area (Å²) >= 11 is 12.1. The molecule has 1 fully saturated rings. The second-order valence-electron chi connectivity index (χ2n) is 8.04. The molecule has 2 aromatic carbocycles. The second-order valence-corrected chi connectivity index (χ2v) is 8.88. The highest BCUT2D eigenvalue weighted by Crippen LogP contribution is 2.24. The first-order valence-corrected chi connectivity index (χ1v) is 10.1. The van der Waals surface area contributed by atoms with Crippen LogP contribution in [0.25, 0.3) is 0 Å². The molecule has 148 valence electrons. The molecule has 1 heterocycles. The van der Waals surface area contributed by atoms with E-state index in [2.05, 4.69) is 20.8 Å². The number of nitrogens with zero attached hydrogens (tertiary/aromatic N) is 2. The van der Waals surface area contributed by atoms with Gasteiger partial charge in [0.1, 0.15) is 0 Å². The lowest BCUT2D eigenvalue weighted by molar-refractivity contribution is 0.0535. The molecule has 28 heavy (non-hydrogen) atoms. The monoisotopic (exact) mass is 418 g/mol. The fraction of sp³-hybridized carbons (Fsp3) is 0.364. The summed E-state index contributed by atoms with van der Waals surface area (Å²) in [5.74, 6) is -0.139. The van der Waals surface area contributed by atoms with Crippen LogP contribution in [-0.2, 0) is 5.41 Å². The molecule has 0 saturated carbocycles. The summed E-state index contributed by atoms with van der Waals surface area (Å²) in [6.07, 6.45) is 0. The van der Waals surface area contributed by atoms with E-state index in [1.54, 1.807) is 28.0 Å². The Kier molecular flexibility index (Phi) is 6.01. The Bertz CT molecular complexity index is 880. The van der Waals surface area contributed by atoms with Crippen molar-refractivity contribution >= 4 is 35.0 Å². The van der Waals surface area contributed by atoms with Gasteiger partial charge in [-0.1, -0.05) is 56.1 Å². The predicted octanol–water partition coefficient (Wildman–Crippen LogP) is 4.89. The predicted molar refractivity (Wildman–Crippen MR) is 113 cm³/mol. The van der Waals surface area contributed by atoms with Gasteiger partial charge in [0.25, 0.3) is 11.8 Å². The zero-order chi connectivity index (χ0) is 20.5. The first-order chi connectivity index (χ1) is 13.2. The molecule has 0 N–H and O–H groups in total. The van der Waals surface area contributed by atoms with Gasteiger partial charge in [-0.3, -0.25) is 9.59 Å². The van der Waals surface area contributed by atoms with Crippen molar-refractivity contribution in [2.45, 2.75) is 26.2 Å². The third-order valence-corrected chi connectivity index (χ3v) is 5.56. The molecule has 0 aliphatic carbocycles. The molecule has 2 aromatic rings. The van der Waals surface area contributed by atoms with Crippen LogP contribution in [0.15, 0.2) is 42.5 Å². The average molecular weight is 419 g/mol. The maximum Gasteiger partial charge on any atom is 0.255 e. The minimum atomic E-state index is -0.136. The van der Waals surface area contributed by atoms with Crippen molar-refractivity contribution in [2.24, 2.45) is 0 Å². The number of amides is 2. The lowest BCUT2D eigenvalue weighted by atomic mass is 9.86. The Morgan fingerprint density at radius 2 is 1.36 bits per heavy atom. The van der Waals surface area contributed by atoms with E-state index < -0.39 is 0 Å². The van der Waals surface area contributed by atoms with Crippen LogP contribution in [0.5, 0.6) is 0 Å². The van der Waals surface area contributed by atoms with Crippen LogP contribution in [-0.4, -0.2) is 47.8 Å². The Morgan fingerprint density at radius 3 is 1.86 bits per heavy atom. The first kappa shape index (κ1) is 20.7. The fourth-order valence-corrected chi connectivity index (χ4v) is 3.73. The Hall–Kier alpha value is -2.04. The van der Waals surface area contributed by atoms with Gasteiger partial charge in [-0.2, -0.15) is 0 Å². The van der Waals surface area contributed by atoms with Crippen molar-refractivity contribution in [3.63, 3.8) is 0 Å². The average Bonchev–Trinajstić information content (AvgIpc) is 2.66. The van der Waals surface area contributed by atoms with Gasteiger partial charge in [0.05, 0.1) is 10.6 Å². The number of carbonyl (C=O) groups excluding carboxylic acids is 2. The molecule has 1 aliphatic rings. The minimum Gasteiger partial charge on any atom is -0.335 e. The standard InChI is InChI=1S/C22H24Cl2N2O2/c1-22(2,3)16-6-4-15(5-7-16)20(27)25-10-12-26(13-11-25)21(28)18-9-8-17(23)14-19(18)24/h4-9,14H,10-13H2,1-3H3. The summed E-state index contributed by atoms with van der Waals surface area (Å²) in [6.45, 7) is 8.38. The summed E-state index contributed by atoms with van der Waals surface area (Å²) in [7, 11) is 0. The molecule has 1 aliphatic heterocycles. The largest absolute Gasteiger partial charge is 0.335 e. The molecule has 3 rings (SSSR count). The van der Waals surface area contributed by atoms with Gasteiger partial charge in [-0.05, 0) is 41.3 Å². The summed E-state index contributed by atoms with van der Waals surface area (Å²) in [6, 6.07) is 12.6. The maximum atomic E-state index is 12.8. The van der Waals surface area contributed by atoms with Crippen LogP contribution < -0.4 is 0 Å². The van der Waals surface area contributed by atoms with Crippen molar-refractivity contribution in [3.8, 4) is 0 Å². The van der Waals surface area contributed by atoms with E-state index in [1.807, 2.05) is 24.3 Å². The number of rotatable bonds is 2. The Labute approximate surface area is 176 Å².